The molecule has 1 amide bonds. The number of nitrogens with one attached hydrogen (secondary N) is 1. The van der Waals surface area contributed by atoms with Gasteiger partial charge in [-0.2, -0.15) is 0 Å². The van der Waals surface area contributed by atoms with E-state index in [1.807, 2.05) is 6.92 Å². The average Bonchev–Trinajstić information content (AvgIpc) is 2.15. The molecule has 6 heteroatoms. The van der Waals surface area contributed by atoms with Crippen LogP contribution in [0.15, 0.2) is 0 Å². The van der Waals surface area contributed by atoms with Crippen LogP contribution in [0.2, 0.25) is 0 Å². The summed E-state index contributed by atoms with van der Waals surface area (Å²) in [6, 6.07) is 0. The van der Waals surface area contributed by atoms with Crippen LogP contribution in [0.5, 0.6) is 0 Å². The van der Waals surface area contributed by atoms with Crippen LogP contribution in [0, 0.1) is 0 Å². The van der Waals surface area contributed by atoms with Crippen molar-refractivity contribution in [1.29, 1.82) is 0 Å². The molecule has 0 aromatic heterocycles. The molecule has 0 spiro atoms. The summed E-state index contributed by atoms with van der Waals surface area (Å²) < 4.78 is 22.2. The second-order valence-electron chi connectivity index (χ2n) is 4.03. The predicted molar refractivity (Wildman–Crippen MR) is 58.2 cm³/mol. The van der Waals surface area contributed by atoms with Crippen molar-refractivity contribution < 1.29 is 18.3 Å². The molecule has 2 atom stereocenters. The molecule has 0 rings (SSSR count). The number of carbonyl (C=O) groups excluding carboxylic acids is 1. The van der Waals surface area contributed by atoms with Crippen molar-refractivity contribution in [2.24, 2.45) is 0 Å². The Labute approximate surface area is 90.8 Å². The number of aliphatic hydroxyl groups excluding tert-OH is 1. The van der Waals surface area contributed by atoms with Gasteiger partial charge in [0.15, 0.2) is 9.84 Å². The first kappa shape index (κ1) is 14.4. The Hall–Kier alpha value is -0.620. The van der Waals surface area contributed by atoms with Gasteiger partial charge in [0.2, 0.25) is 5.91 Å². The summed E-state index contributed by atoms with van der Waals surface area (Å²) in [5, 5.41) is 10.5. The molecular weight excluding hydrogens is 218 g/mol. The Kier molecular flexibility index (Phi) is 4.73. The lowest BCUT2D eigenvalue weighted by Crippen LogP contribution is -2.52. The Morgan fingerprint density at radius 2 is 2.00 bits per heavy atom. The number of carbonyl (C=O) groups is 1. The second-order valence-corrected chi connectivity index (χ2v) is 6.40. The van der Waals surface area contributed by atoms with Gasteiger partial charge in [-0.15, -0.1) is 0 Å². The van der Waals surface area contributed by atoms with E-state index >= 15 is 0 Å². The van der Waals surface area contributed by atoms with E-state index in [0.29, 0.717) is 6.42 Å². The van der Waals surface area contributed by atoms with E-state index in [0.717, 1.165) is 6.26 Å². The van der Waals surface area contributed by atoms with Crippen molar-refractivity contribution in [2.75, 3.05) is 12.9 Å². The van der Waals surface area contributed by atoms with Gasteiger partial charge in [-0.25, -0.2) is 8.42 Å². The van der Waals surface area contributed by atoms with Crippen LogP contribution in [-0.2, 0) is 14.6 Å². The lowest BCUT2D eigenvalue weighted by Gasteiger charge is -2.28. The predicted octanol–water partition coefficient (Wildman–Crippen LogP) is -0.303. The molecule has 0 aliphatic carbocycles. The van der Waals surface area contributed by atoms with Crippen LogP contribution >= 0.6 is 0 Å². The fourth-order valence-corrected chi connectivity index (χ4v) is 1.28. The van der Waals surface area contributed by atoms with Crippen LogP contribution in [-0.4, -0.2) is 43.1 Å². The maximum atomic E-state index is 11.5. The zero-order chi connectivity index (χ0) is 12.3. The van der Waals surface area contributed by atoms with Crippen molar-refractivity contribution >= 4 is 15.7 Å². The molecule has 0 aliphatic rings. The lowest BCUT2D eigenvalue weighted by atomic mass is 10.0. The van der Waals surface area contributed by atoms with E-state index in [2.05, 4.69) is 5.32 Å². The molecular formula is C9H19NO4S. The third kappa shape index (κ3) is 4.17. The molecule has 0 aromatic rings. The van der Waals surface area contributed by atoms with Crippen LogP contribution in [0.4, 0.5) is 0 Å². The molecule has 0 fully saturated rings. The molecule has 90 valence electrons. The quantitative estimate of drug-likeness (QED) is 0.687. The summed E-state index contributed by atoms with van der Waals surface area (Å²) in [4.78, 5) is 11.5. The third-order valence-corrected chi connectivity index (χ3v) is 4.06. The number of amides is 1. The number of rotatable bonds is 5. The highest BCUT2D eigenvalue weighted by atomic mass is 32.2. The maximum absolute atomic E-state index is 11.5. The van der Waals surface area contributed by atoms with Gasteiger partial charge in [0, 0.05) is 6.26 Å². The summed E-state index contributed by atoms with van der Waals surface area (Å²) in [6.07, 6.45) is 1.55. The molecule has 0 aliphatic heterocycles. The molecule has 2 N–H and O–H groups in total. The molecule has 0 aromatic carbocycles. The van der Waals surface area contributed by atoms with Gasteiger partial charge < -0.3 is 10.4 Å². The van der Waals surface area contributed by atoms with Crippen LogP contribution < -0.4 is 5.32 Å². The first-order valence-corrected chi connectivity index (χ1v) is 6.73. The summed E-state index contributed by atoms with van der Waals surface area (Å²) in [5.74, 6) is -0.573. The van der Waals surface area contributed by atoms with E-state index in [1.54, 1.807) is 6.92 Å². The van der Waals surface area contributed by atoms with Gasteiger partial charge in [-0.05, 0) is 20.3 Å². The Bertz CT molecular complexity index is 319. The first-order chi connectivity index (χ1) is 6.66. The van der Waals surface area contributed by atoms with Gasteiger partial charge >= 0.3 is 0 Å². The van der Waals surface area contributed by atoms with Crippen molar-refractivity contribution in [3.63, 3.8) is 0 Å². The highest BCUT2D eigenvalue weighted by Gasteiger charge is 2.30. The van der Waals surface area contributed by atoms with Gasteiger partial charge in [0.05, 0.1) is 12.1 Å². The highest BCUT2D eigenvalue weighted by molar-refractivity contribution is 7.92. The summed E-state index contributed by atoms with van der Waals surface area (Å²) in [7, 11) is -3.38. The average molecular weight is 237 g/mol. The molecule has 5 nitrogen and oxygen atoms in total. The number of hydrogen-bond acceptors (Lipinski definition) is 4. The zero-order valence-electron chi connectivity index (χ0n) is 9.57. The third-order valence-electron chi connectivity index (χ3n) is 2.57. The molecule has 0 saturated heterocycles. The van der Waals surface area contributed by atoms with Crippen LogP contribution in [0.1, 0.15) is 27.2 Å². The lowest BCUT2D eigenvalue weighted by molar-refractivity contribution is -0.122. The second kappa shape index (κ2) is 4.94. The minimum Gasteiger partial charge on any atom is -0.394 e. The van der Waals surface area contributed by atoms with Crippen LogP contribution in [0.25, 0.3) is 0 Å². The standard InChI is InChI=1S/C9H19NO4S/c1-5-9(3,6-11)10-8(12)7(2)15(4,13)14/h7,11H,5-6H2,1-4H3,(H,10,12). The number of hydrogen-bond donors (Lipinski definition) is 2. The van der Waals surface area contributed by atoms with E-state index < -0.39 is 26.5 Å². The molecule has 2 unspecified atom stereocenters. The van der Waals surface area contributed by atoms with Crippen LogP contribution in [0.3, 0.4) is 0 Å². The van der Waals surface area contributed by atoms with Crippen molar-refractivity contribution in [2.45, 2.75) is 38.0 Å². The Morgan fingerprint density at radius 1 is 1.53 bits per heavy atom. The van der Waals surface area contributed by atoms with Gasteiger partial charge in [-0.3, -0.25) is 4.79 Å². The maximum Gasteiger partial charge on any atom is 0.238 e. The Balaban J connectivity index is 4.64. The fourth-order valence-electron chi connectivity index (χ4n) is 0.833. The first-order valence-electron chi connectivity index (χ1n) is 4.78. The smallest absolute Gasteiger partial charge is 0.238 e. The van der Waals surface area contributed by atoms with E-state index in [-0.39, 0.29) is 6.61 Å². The largest absolute Gasteiger partial charge is 0.394 e. The van der Waals surface area contributed by atoms with Crippen molar-refractivity contribution in [1.82, 2.24) is 5.32 Å². The zero-order valence-corrected chi connectivity index (χ0v) is 10.4. The SMILES string of the molecule is CCC(C)(CO)NC(=O)C(C)S(C)(=O)=O. The molecule has 0 heterocycles. The summed E-state index contributed by atoms with van der Waals surface area (Å²) >= 11 is 0. The van der Waals surface area contributed by atoms with Gasteiger partial charge in [0.25, 0.3) is 0 Å². The van der Waals surface area contributed by atoms with E-state index in [1.165, 1.54) is 6.92 Å². The normalized spacial score (nSPS) is 17.9. The van der Waals surface area contributed by atoms with E-state index in [4.69, 9.17) is 5.11 Å². The Morgan fingerprint density at radius 3 is 2.27 bits per heavy atom. The topological polar surface area (TPSA) is 83.5 Å². The molecule has 15 heavy (non-hydrogen) atoms. The van der Waals surface area contributed by atoms with E-state index in [9.17, 15) is 13.2 Å². The summed E-state index contributed by atoms with van der Waals surface area (Å²) in [5.41, 5.74) is -0.754. The molecule has 0 bridgehead atoms. The fraction of sp³-hybridized carbons (Fsp3) is 0.889. The number of sulfone groups is 1. The highest BCUT2D eigenvalue weighted by Crippen LogP contribution is 2.09. The molecule has 0 radical (unpaired) electrons. The van der Waals surface area contributed by atoms with Crippen molar-refractivity contribution in [3.05, 3.63) is 0 Å². The van der Waals surface area contributed by atoms with Crippen molar-refractivity contribution in [3.8, 4) is 0 Å². The van der Waals surface area contributed by atoms with Gasteiger partial charge in [-0.1, -0.05) is 6.92 Å². The summed E-state index contributed by atoms with van der Waals surface area (Å²) in [6.45, 7) is 4.59. The number of aliphatic hydroxyl groups is 1. The monoisotopic (exact) mass is 237 g/mol. The minimum absolute atomic E-state index is 0.217. The minimum atomic E-state index is -3.38. The van der Waals surface area contributed by atoms with Gasteiger partial charge in [0.1, 0.15) is 5.25 Å². The molecule has 0 saturated carbocycles.